The molecule has 2 heterocycles. The minimum Gasteiger partial charge on any atom is -0.381 e. The molecule has 1 unspecified atom stereocenters. The summed E-state index contributed by atoms with van der Waals surface area (Å²) < 4.78 is 7.73. The van der Waals surface area contributed by atoms with Crippen molar-refractivity contribution < 1.29 is 4.74 Å². The number of ether oxygens (including phenoxy) is 1. The van der Waals surface area contributed by atoms with Crippen LogP contribution in [-0.2, 0) is 10.6 Å². The molecule has 108 valence electrons. The molecule has 0 N–H and O–H groups in total. The van der Waals surface area contributed by atoms with Gasteiger partial charge in [0.1, 0.15) is 5.82 Å². The first-order valence-corrected chi connectivity index (χ1v) is 7.92. The molecule has 0 radical (unpaired) electrons. The van der Waals surface area contributed by atoms with Crippen LogP contribution in [0.2, 0.25) is 5.02 Å². The SMILES string of the molecule is CC(C1CCOCC1)n1c(CCl)nc2cc(Cl)ccc21. The van der Waals surface area contributed by atoms with Gasteiger partial charge < -0.3 is 9.30 Å². The van der Waals surface area contributed by atoms with Crippen molar-refractivity contribution in [3.05, 3.63) is 29.0 Å². The van der Waals surface area contributed by atoms with Crippen LogP contribution in [0.25, 0.3) is 11.0 Å². The van der Waals surface area contributed by atoms with Crippen LogP contribution in [0.4, 0.5) is 0 Å². The molecular formula is C15H18Cl2N2O. The predicted octanol–water partition coefficient (Wildman–Crippen LogP) is 4.42. The number of nitrogens with zero attached hydrogens (tertiary/aromatic N) is 2. The van der Waals surface area contributed by atoms with Gasteiger partial charge in [-0.25, -0.2) is 4.98 Å². The summed E-state index contributed by atoms with van der Waals surface area (Å²) in [5.74, 6) is 1.95. The number of hydrogen-bond acceptors (Lipinski definition) is 2. The Kier molecular flexibility index (Phi) is 4.20. The maximum atomic E-state index is 6.09. The molecule has 1 fully saturated rings. The first-order chi connectivity index (χ1) is 9.70. The summed E-state index contributed by atoms with van der Waals surface area (Å²) in [6.07, 6.45) is 2.19. The van der Waals surface area contributed by atoms with E-state index >= 15 is 0 Å². The van der Waals surface area contributed by atoms with Crippen LogP contribution >= 0.6 is 23.2 Å². The Hall–Kier alpha value is -0.770. The molecule has 1 aliphatic rings. The molecule has 3 rings (SSSR count). The average molecular weight is 313 g/mol. The van der Waals surface area contributed by atoms with Crippen molar-refractivity contribution in [1.82, 2.24) is 9.55 Å². The van der Waals surface area contributed by atoms with Gasteiger partial charge in [0.2, 0.25) is 0 Å². The smallest absolute Gasteiger partial charge is 0.125 e. The maximum absolute atomic E-state index is 6.09. The van der Waals surface area contributed by atoms with Crippen molar-refractivity contribution >= 4 is 34.2 Å². The van der Waals surface area contributed by atoms with E-state index in [1.807, 2.05) is 18.2 Å². The van der Waals surface area contributed by atoms with E-state index in [9.17, 15) is 0 Å². The van der Waals surface area contributed by atoms with Gasteiger partial charge in [-0.1, -0.05) is 11.6 Å². The molecule has 0 spiro atoms. The molecule has 1 aromatic carbocycles. The normalized spacial score (nSPS) is 18.6. The summed E-state index contributed by atoms with van der Waals surface area (Å²) in [7, 11) is 0. The van der Waals surface area contributed by atoms with Crippen LogP contribution in [0.3, 0.4) is 0 Å². The molecule has 3 nitrogen and oxygen atoms in total. The fourth-order valence-corrected chi connectivity index (χ4v) is 3.43. The lowest BCUT2D eigenvalue weighted by molar-refractivity contribution is 0.0516. The highest BCUT2D eigenvalue weighted by Gasteiger charge is 2.25. The van der Waals surface area contributed by atoms with E-state index in [0.717, 1.165) is 42.9 Å². The van der Waals surface area contributed by atoms with E-state index in [2.05, 4.69) is 16.5 Å². The van der Waals surface area contributed by atoms with Crippen molar-refractivity contribution in [1.29, 1.82) is 0 Å². The molecule has 0 saturated carbocycles. The molecule has 1 atom stereocenters. The first kappa shape index (κ1) is 14.2. The summed E-state index contributed by atoms with van der Waals surface area (Å²) in [6, 6.07) is 6.23. The molecule has 5 heteroatoms. The third-order valence-electron chi connectivity index (χ3n) is 4.20. The van der Waals surface area contributed by atoms with Gasteiger partial charge in [-0.15, -0.1) is 11.6 Å². The second-order valence-corrected chi connectivity index (χ2v) is 6.06. The van der Waals surface area contributed by atoms with E-state index in [1.165, 1.54) is 0 Å². The van der Waals surface area contributed by atoms with Crippen LogP contribution in [0.1, 0.15) is 31.6 Å². The number of alkyl halides is 1. The van der Waals surface area contributed by atoms with Crippen LogP contribution in [0.15, 0.2) is 18.2 Å². The maximum Gasteiger partial charge on any atom is 0.125 e. The van der Waals surface area contributed by atoms with Crippen LogP contribution in [-0.4, -0.2) is 22.8 Å². The third-order valence-corrected chi connectivity index (χ3v) is 4.67. The highest BCUT2D eigenvalue weighted by atomic mass is 35.5. The molecule has 1 saturated heterocycles. The zero-order valence-corrected chi connectivity index (χ0v) is 13.0. The zero-order valence-electron chi connectivity index (χ0n) is 11.5. The van der Waals surface area contributed by atoms with E-state index in [-0.39, 0.29) is 0 Å². The van der Waals surface area contributed by atoms with E-state index in [0.29, 0.717) is 22.9 Å². The minimum absolute atomic E-state index is 0.374. The van der Waals surface area contributed by atoms with Gasteiger partial charge in [-0.05, 0) is 43.9 Å². The molecule has 1 aromatic heterocycles. The van der Waals surface area contributed by atoms with Gasteiger partial charge in [-0.3, -0.25) is 0 Å². The molecule has 0 aliphatic carbocycles. The number of benzene rings is 1. The fraction of sp³-hybridized carbons (Fsp3) is 0.533. The Morgan fingerprint density at radius 1 is 1.40 bits per heavy atom. The number of hydrogen-bond donors (Lipinski definition) is 0. The van der Waals surface area contributed by atoms with Crippen molar-refractivity contribution in [2.75, 3.05) is 13.2 Å². The molecule has 0 bridgehead atoms. The molecule has 0 amide bonds. The van der Waals surface area contributed by atoms with E-state index in [1.54, 1.807) is 0 Å². The highest BCUT2D eigenvalue weighted by Crippen LogP contribution is 2.32. The Labute approximate surface area is 128 Å². The quantitative estimate of drug-likeness (QED) is 0.785. The van der Waals surface area contributed by atoms with Gasteiger partial charge >= 0.3 is 0 Å². The lowest BCUT2D eigenvalue weighted by atomic mass is 9.92. The average Bonchev–Trinajstić information content (AvgIpc) is 2.84. The second kappa shape index (κ2) is 5.92. The number of fused-ring (bicyclic) bond motifs is 1. The predicted molar refractivity (Wildman–Crippen MR) is 82.6 cm³/mol. The van der Waals surface area contributed by atoms with E-state index in [4.69, 9.17) is 27.9 Å². The lowest BCUT2D eigenvalue weighted by Crippen LogP contribution is -2.25. The summed E-state index contributed by atoms with van der Waals surface area (Å²) in [4.78, 5) is 4.62. The Morgan fingerprint density at radius 2 is 2.15 bits per heavy atom. The second-order valence-electron chi connectivity index (χ2n) is 5.36. The van der Waals surface area contributed by atoms with Crippen molar-refractivity contribution in [2.24, 2.45) is 5.92 Å². The monoisotopic (exact) mass is 312 g/mol. The molecule has 1 aliphatic heterocycles. The number of imidazole rings is 1. The fourth-order valence-electron chi connectivity index (χ4n) is 3.08. The molecule has 20 heavy (non-hydrogen) atoms. The van der Waals surface area contributed by atoms with Crippen LogP contribution in [0.5, 0.6) is 0 Å². The number of rotatable bonds is 3. The summed E-state index contributed by atoms with van der Waals surface area (Å²) >= 11 is 12.1. The van der Waals surface area contributed by atoms with Gasteiger partial charge in [-0.2, -0.15) is 0 Å². The lowest BCUT2D eigenvalue weighted by Gasteiger charge is -2.30. The van der Waals surface area contributed by atoms with E-state index < -0.39 is 0 Å². The standard InChI is InChI=1S/C15H18Cl2N2O/c1-10(11-4-6-20-7-5-11)19-14-3-2-12(17)8-13(14)18-15(19)9-16/h2-3,8,10-11H,4-7,9H2,1H3. The summed E-state index contributed by atoms with van der Waals surface area (Å²) in [5, 5.41) is 0.710. The molecule has 2 aromatic rings. The number of aromatic nitrogens is 2. The summed E-state index contributed by atoms with van der Waals surface area (Å²) in [5.41, 5.74) is 2.04. The van der Waals surface area contributed by atoms with Crippen LogP contribution < -0.4 is 0 Å². The minimum atomic E-state index is 0.374. The Bertz CT molecular complexity index is 605. The Morgan fingerprint density at radius 3 is 2.85 bits per heavy atom. The van der Waals surface area contributed by atoms with Crippen molar-refractivity contribution in [3.8, 4) is 0 Å². The molecular weight excluding hydrogens is 295 g/mol. The third kappa shape index (κ3) is 2.54. The van der Waals surface area contributed by atoms with Gasteiger partial charge in [0.05, 0.1) is 16.9 Å². The van der Waals surface area contributed by atoms with Gasteiger partial charge in [0, 0.05) is 24.3 Å². The van der Waals surface area contributed by atoms with Gasteiger partial charge in [0.15, 0.2) is 0 Å². The largest absolute Gasteiger partial charge is 0.381 e. The zero-order chi connectivity index (χ0) is 14.1. The summed E-state index contributed by atoms with van der Waals surface area (Å²) in [6.45, 7) is 3.95. The van der Waals surface area contributed by atoms with Crippen molar-refractivity contribution in [2.45, 2.75) is 31.7 Å². The Balaban J connectivity index is 2.04. The number of halogens is 2. The topological polar surface area (TPSA) is 27.1 Å². The highest BCUT2D eigenvalue weighted by molar-refractivity contribution is 6.31. The van der Waals surface area contributed by atoms with Gasteiger partial charge in [0.25, 0.3) is 0 Å². The first-order valence-electron chi connectivity index (χ1n) is 7.00. The van der Waals surface area contributed by atoms with Crippen molar-refractivity contribution in [3.63, 3.8) is 0 Å². The van der Waals surface area contributed by atoms with Crippen LogP contribution in [0, 0.1) is 5.92 Å².